The second kappa shape index (κ2) is 8.63. The number of ether oxygens (including phenoxy) is 1. The fraction of sp³-hybridized carbons (Fsp3) is 0.400. The molecule has 10 heteroatoms. The van der Waals surface area contributed by atoms with Crippen molar-refractivity contribution < 1.29 is 23.4 Å². The second-order valence-electron chi connectivity index (χ2n) is 5.15. The molecule has 2 atom stereocenters. The molecule has 0 aliphatic heterocycles. The first kappa shape index (κ1) is 19.7. The van der Waals surface area contributed by atoms with Crippen molar-refractivity contribution in [3.05, 3.63) is 48.1 Å². The first-order chi connectivity index (χ1) is 11.9. The van der Waals surface area contributed by atoms with Crippen molar-refractivity contribution in [3.8, 4) is 0 Å². The zero-order valence-corrected chi connectivity index (χ0v) is 15.2. The molecule has 2 aromatic rings. The summed E-state index contributed by atoms with van der Waals surface area (Å²) in [6.45, 7) is 3.43. The molecule has 1 aromatic carbocycles. The average molecular weight is 389 g/mol. The van der Waals surface area contributed by atoms with Gasteiger partial charge in [-0.3, -0.25) is 0 Å². The van der Waals surface area contributed by atoms with E-state index in [1.54, 1.807) is 13.8 Å². The maximum atomic E-state index is 14.3. The number of carbonyl (C=O) groups excluding carboxylic acids is 1. The summed E-state index contributed by atoms with van der Waals surface area (Å²) in [6, 6.07) is 2.96. The third-order valence-corrected chi connectivity index (χ3v) is 6.05. The first-order valence-electron chi connectivity index (χ1n) is 7.37. The Hall–Kier alpha value is -1.65. The SMILES string of the molecule is CCOC(=O)SS[C@H](C)[C@](O)(Cn1cncn1)c1ccc(F)cc1F. The van der Waals surface area contributed by atoms with Gasteiger partial charge < -0.3 is 9.84 Å². The van der Waals surface area contributed by atoms with Crippen molar-refractivity contribution in [1.82, 2.24) is 14.8 Å². The van der Waals surface area contributed by atoms with E-state index in [1.807, 2.05) is 0 Å². The zero-order chi connectivity index (χ0) is 18.4. The molecule has 0 amide bonds. The van der Waals surface area contributed by atoms with E-state index in [1.165, 1.54) is 23.4 Å². The molecule has 0 unspecified atom stereocenters. The number of hydrogen-bond acceptors (Lipinski definition) is 7. The summed E-state index contributed by atoms with van der Waals surface area (Å²) in [6.07, 6.45) is 2.66. The molecular weight excluding hydrogens is 372 g/mol. The lowest BCUT2D eigenvalue weighted by Gasteiger charge is -2.33. The fourth-order valence-corrected chi connectivity index (χ4v) is 4.21. The number of benzene rings is 1. The smallest absolute Gasteiger partial charge is 0.378 e. The molecule has 0 radical (unpaired) electrons. The first-order valence-corrected chi connectivity index (χ1v) is 9.58. The largest absolute Gasteiger partial charge is 0.457 e. The van der Waals surface area contributed by atoms with E-state index in [2.05, 4.69) is 10.1 Å². The van der Waals surface area contributed by atoms with Gasteiger partial charge in [-0.2, -0.15) is 5.10 Å². The Labute approximate surface area is 151 Å². The average Bonchev–Trinajstić information content (AvgIpc) is 3.05. The van der Waals surface area contributed by atoms with Crippen molar-refractivity contribution >= 4 is 26.9 Å². The normalized spacial score (nSPS) is 14.8. The molecule has 136 valence electrons. The number of nitrogens with zero attached hydrogens (tertiary/aromatic N) is 3. The molecule has 0 fully saturated rings. The van der Waals surface area contributed by atoms with Crippen LogP contribution in [-0.4, -0.2) is 37.0 Å². The molecular formula is C15H17F2N3O3S2. The highest BCUT2D eigenvalue weighted by atomic mass is 33.1. The number of aromatic nitrogens is 3. The summed E-state index contributed by atoms with van der Waals surface area (Å²) in [5.41, 5.74) is -1.84. The highest BCUT2D eigenvalue weighted by Gasteiger charge is 2.40. The van der Waals surface area contributed by atoms with Crippen molar-refractivity contribution in [2.75, 3.05) is 6.61 Å². The predicted molar refractivity (Wildman–Crippen MR) is 91.9 cm³/mol. The Morgan fingerprint density at radius 3 is 2.84 bits per heavy atom. The molecule has 0 spiro atoms. The summed E-state index contributed by atoms with van der Waals surface area (Å²) in [4.78, 5) is 15.3. The minimum atomic E-state index is -1.75. The summed E-state index contributed by atoms with van der Waals surface area (Å²) in [5.74, 6) is -1.62. The summed E-state index contributed by atoms with van der Waals surface area (Å²) < 4.78 is 33.7. The third kappa shape index (κ3) is 4.93. The lowest BCUT2D eigenvalue weighted by atomic mass is 9.90. The van der Waals surface area contributed by atoms with Crippen LogP contribution in [0.1, 0.15) is 19.4 Å². The van der Waals surface area contributed by atoms with E-state index < -0.39 is 27.8 Å². The van der Waals surface area contributed by atoms with Gasteiger partial charge >= 0.3 is 5.30 Å². The maximum absolute atomic E-state index is 14.3. The lowest BCUT2D eigenvalue weighted by molar-refractivity contribution is 0.0137. The zero-order valence-electron chi connectivity index (χ0n) is 13.6. The van der Waals surface area contributed by atoms with Crippen LogP contribution in [-0.2, 0) is 16.9 Å². The molecule has 0 saturated heterocycles. The monoisotopic (exact) mass is 389 g/mol. The van der Waals surface area contributed by atoms with Gasteiger partial charge in [0.15, 0.2) is 0 Å². The van der Waals surface area contributed by atoms with Gasteiger partial charge in [-0.25, -0.2) is 23.2 Å². The third-order valence-electron chi connectivity index (χ3n) is 3.46. The van der Waals surface area contributed by atoms with Crippen LogP contribution in [0.4, 0.5) is 13.6 Å². The molecule has 0 saturated carbocycles. The van der Waals surface area contributed by atoms with E-state index in [9.17, 15) is 18.7 Å². The van der Waals surface area contributed by atoms with E-state index in [-0.39, 0.29) is 18.7 Å². The van der Waals surface area contributed by atoms with Crippen molar-refractivity contribution in [1.29, 1.82) is 0 Å². The van der Waals surface area contributed by atoms with Crippen LogP contribution in [0.25, 0.3) is 0 Å². The quantitative estimate of drug-likeness (QED) is 0.575. The van der Waals surface area contributed by atoms with Gasteiger partial charge in [0, 0.05) is 27.7 Å². The molecule has 0 aliphatic carbocycles. The maximum Gasteiger partial charge on any atom is 0.378 e. The Morgan fingerprint density at radius 1 is 1.48 bits per heavy atom. The highest BCUT2D eigenvalue weighted by Crippen LogP contribution is 2.41. The Kier molecular flexibility index (Phi) is 6.79. The van der Waals surface area contributed by atoms with Gasteiger partial charge in [-0.15, -0.1) is 0 Å². The number of aliphatic hydroxyl groups is 1. The van der Waals surface area contributed by atoms with Gasteiger partial charge in [-0.1, -0.05) is 16.9 Å². The van der Waals surface area contributed by atoms with E-state index >= 15 is 0 Å². The second-order valence-corrected chi connectivity index (χ2v) is 7.62. The molecule has 0 aliphatic rings. The van der Waals surface area contributed by atoms with E-state index in [0.29, 0.717) is 6.07 Å². The number of carbonyl (C=O) groups is 1. The molecule has 1 N–H and O–H groups in total. The van der Waals surface area contributed by atoms with Gasteiger partial charge in [0.05, 0.1) is 13.2 Å². The predicted octanol–water partition coefficient (Wildman–Crippen LogP) is 3.37. The van der Waals surface area contributed by atoms with E-state index in [4.69, 9.17) is 4.74 Å². The van der Waals surface area contributed by atoms with Crippen LogP contribution in [0.15, 0.2) is 30.9 Å². The Morgan fingerprint density at radius 2 is 2.24 bits per heavy atom. The fourth-order valence-electron chi connectivity index (χ4n) is 2.17. The number of rotatable bonds is 7. The van der Waals surface area contributed by atoms with Crippen LogP contribution >= 0.6 is 21.6 Å². The van der Waals surface area contributed by atoms with Gasteiger partial charge in [0.25, 0.3) is 0 Å². The van der Waals surface area contributed by atoms with Gasteiger partial charge in [0.1, 0.15) is 29.9 Å². The minimum Gasteiger partial charge on any atom is -0.457 e. The van der Waals surface area contributed by atoms with Crippen LogP contribution in [0, 0.1) is 11.6 Å². The van der Waals surface area contributed by atoms with E-state index in [0.717, 1.165) is 27.7 Å². The van der Waals surface area contributed by atoms with Crippen molar-refractivity contribution in [2.45, 2.75) is 31.2 Å². The van der Waals surface area contributed by atoms with Gasteiger partial charge in [0.2, 0.25) is 0 Å². The van der Waals surface area contributed by atoms with Crippen LogP contribution in [0.3, 0.4) is 0 Å². The molecule has 6 nitrogen and oxygen atoms in total. The molecule has 1 aromatic heterocycles. The number of halogens is 2. The standard InChI is InChI=1S/C15H17F2N3O3S2/c1-3-23-14(21)25-24-10(2)15(22,7-20-9-18-8-19-20)12-5-4-11(16)6-13(12)17/h4-6,8-10,22H,3,7H2,1-2H3/t10-,15-/m1/s1. The molecule has 0 bridgehead atoms. The number of hydrogen-bond donors (Lipinski definition) is 1. The van der Waals surface area contributed by atoms with Crippen LogP contribution in [0.2, 0.25) is 0 Å². The summed E-state index contributed by atoms with van der Waals surface area (Å²) >= 11 is 0. The summed E-state index contributed by atoms with van der Waals surface area (Å²) in [7, 11) is 1.84. The molecule has 1 heterocycles. The topological polar surface area (TPSA) is 77.2 Å². The van der Waals surface area contributed by atoms with Crippen LogP contribution in [0.5, 0.6) is 0 Å². The minimum absolute atomic E-state index is 0.0890. The van der Waals surface area contributed by atoms with Gasteiger partial charge in [-0.05, 0) is 19.9 Å². The highest BCUT2D eigenvalue weighted by molar-refractivity contribution is 8.82. The lowest BCUT2D eigenvalue weighted by Crippen LogP contribution is -2.41. The van der Waals surface area contributed by atoms with Crippen LogP contribution < -0.4 is 0 Å². The van der Waals surface area contributed by atoms with Crippen molar-refractivity contribution in [2.24, 2.45) is 0 Å². The van der Waals surface area contributed by atoms with Crippen molar-refractivity contribution in [3.63, 3.8) is 0 Å². The summed E-state index contributed by atoms with van der Waals surface area (Å²) in [5, 5.41) is 14.0. The Bertz CT molecular complexity index is 718. The Balaban J connectivity index is 2.29. The molecule has 25 heavy (non-hydrogen) atoms. The molecule has 2 rings (SSSR count).